The largest absolute Gasteiger partial charge is 0.315 e. The number of fused-ring (bicyclic) bond motifs is 1. The van der Waals surface area contributed by atoms with E-state index < -0.39 is 15.8 Å². The Kier molecular flexibility index (Phi) is 4.72. The Balaban J connectivity index is 1.66. The van der Waals surface area contributed by atoms with E-state index in [0.29, 0.717) is 26.8 Å². The highest BCUT2D eigenvalue weighted by molar-refractivity contribution is 7.19. The van der Waals surface area contributed by atoms with E-state index in [2.05, 4.69) is 10.3 Å². The minimum atomic E-state index is -0.560. The molecule has 150 valence electrons. The van der Waals surface area contributed by atoms with E-state index >= 15 is 0 Å². The number of aryl methyl sites for hydroxylation is 1. The number of nitrogens with zero attached hydrogens (tertiary/aromatic N) is 4. The summed E-state index contributed by atoms with van der Waals surface area (Å²) in [7, 11) is 0. The smallest absolute Gasteiger partial charge is 0.292 e. The Hall–Kier alpha value is -4.12. The Bertz CT molecular complexity index is 1330. The number of nitro benzene ring substituents is 2. The first-order valence-electron chi connectivity index (χ1n) is 8.63. The molecule has 2 aromatic heterocycles. The third-order valence-corrected chi connectivity index (χ3v) is 5.62. The van der Waals surface area contributed by atoms with Crippen LogP contribution in [0.25, 0.3) is 16.2 Å². The van der Waals surface area contributed by atoms with Crippen LogP contribution in [0.1, 0.15) is 15.4 Å². The fraction of sp³-hybridized carbons (Fsp3) is 0.0526. The maximum absolute atomic E-state index is 12.7. The molecule has 0 aliphatic carbocycles. The van der Waals surface area contributed by atoms with Gasteiger partial charge in [0.2, 0.25) is 0 Å². The lowest BCUT2D eigenvalue weighted by molar-refractivity contribution is -0.384. The van der Waals surface area contributed by atoms with Crippen molar-refractivity contribution >= 4 is 39.3 Å². The van der Waals surface area contributed by atoms with E-state index in [0.717, 1.165) is 11.3 Å². The summed E-state index contributed by atoms with van der Waals surface area (Å²) >= 11 is 1.13. The lowest BCUT2D eigenvalue weighted by Crippen LogP contribution is -2.13. The lowest BCUT2D eigenvalue weighted by Gasteiger charge is -2.05. The molecule has 4 rings (SSSR count). The number of nitrogens with one attached hydrogen (secondary N) is 1. The number of carbonyl (C=O) groups excluding carboxylic acids is 1. The monoisotopic (exact) mass is 423 g/mol. The van der Waals surface area contributed by atoms with Crippen LogP contribution in [0.5, 0.6) is 0 Å². The van der Waals surface area contributed by atoms with Crippen LogP contribution in [0.2, 0.25) is 0 Å². The molecule has 0 radical (unpaired) electrons. The number of rotatable bonds is 5. The predicted octanol–water partition coefficient (Wildman–Crippen LogP) is 4.44. The third-order valence-electron chi connectivity index (χ3n) is 4.46. The van der Waals surface area contributed by atoms with Gasteiger partial charge >= 0.3 is 0 Å². The van der Waals surface area contributed by atoms with Crippen molar-refractivity contribution in [1.29, 1.82) is 0 Å². The third kappa shape index (κ3) is 3.37. The highest BCUT2D eigenvalue weighted by Gasteiger charge is 2.21. The van der Waals surface area contributed by atoms with Gasteiger partial charge in [-0.2, -0.15) is 0 Å². The molecule has 0 aliphatic rings. The summed E-state index contributed by atoms with van der Waals surface area (Å²) in [6, 6.07) is 12.0. The molecule has 0 fully saturated rings. The van der Waals surface area contributed by atoms with Gasteiger partial charge < -0.3 is 5.32 Å². The maximum Gasteiger partial charge on any atom is 0.292 e. The van der Waals surface area contributed by atoms with Crippen molar-refractivity contribution in [2.24, 2.45) is 0 Å². The number of nitro groups is 2. The fourth-order valence-electron chi connectivity index (χ4n) is 3.00. The molecule has 2 heterocycles. The Morgan fingerprint density at radius 2 is 1.87 bits per heavy atom. The zero-order valence-corrected chi connectivity index (χ0v) is 16.3. The number of benzene rings is 2. The second-order valence-corrected chi connectivity index (χ2v) is 7.31. The molecule has 0 unspecified atom stereocenters. The summed E-state index contributed by atoms with van der Waals surface area (Å²) in [6.45, 7) is 1.73. The molecule has 4 aromatic rings. The van der Waals surface area contributed by atoms with Gasteiger partial charge in [0.1, 0.15) is 10.6 Å². The van der Waals surface area contributed by atoms with Crippen molar-refractivity contribution in [1.82, 2.24) is 9.38 Å². The summed E-state index contributed by atoms with van der Waals surface area (Å²) < 4.78 is 1.72. The van der Waals surface area contributed by atoms with Gasteiger partial charge in [0.25, 0.3) is 17.3 Å². The van der Waals surface area contributed by atoms with Crippen molar-refractivity contribution in [2.45, 2.75) is 6.92 Å². The van der Waals surface area contributed by atoms with Gasteiger partial charge in [-0.15, -0.1) is 0 Å². The topological polar surface area (TPSA) is 133 Å². The van der Waals surface area contributed by atoms with Crippen molar-refractivity contribution in [3.8, 4) is 11.3 Å². The van der Waals surface area contributed by atoms with Crippen LogP contribution in [-0.4, -0.2) is 25.1 Å². The molecule has 0 saturated carbocycles. The minimum Gasteiger partial charge on any atom is -0.315 e. The van der Waals surface area contributed by atoms with Gasteiger partial charge in [-0.05, 0) is 13.0 Å². The zero-order valence-electron chi connectivity index (χ0n) is 15.4. The summed E-state index contributed by atoms with van der Waals surface area (Å²) in [5.74, 6) is -0.478. The summed E-state index contributed by atoms with van der Waals surface area (Å²) in [5, 5.41) is 24.7. The number of carbonyl (C=O) groups is 1. The minimum absolute atomic E-state index is 0.0369. The quantitative estimate of drug-likeness (QED) is 0.373. The van der Waals surface area contributed by atoms with Crippen molar-refractivity contribution in [3.63, 3.8) is 0 Å². The van der Waals surface area contributed by atoms with Crippen molar-refractivity contribution in [3.05, 3.63) is 85.5 Å². The fourth-order valence-corrected chi connectivity index (χ4v) is 4.00. The molecule has 30 heavy (non-hydrogen) atoms. The van der Waals surface area contributed by atoms with Gasteiger partial charge in [-0.3, -0.25) is 29.4 Å². The summed E-state index contributed by atoms with van der Waals surface area (Å²) in [4.78, 5) is 39.2. The van der Waals surface area contributed by atoms with Crippen molar-refractivity contribution < 1.29 is 14.6 Å². The molecule has 0 saturated heterocycles. The number of hydrogen-bond donors (Lipinski definition) is 1. The van der Waals surface area contributed by atoms with Gasteiger partial charge in [0.05, 0.1) is 15.5 Å². The first kappa shape index (κ1) is 19.2. The number of aromatic nitrogens is 2. The van der Waals surface area contributed by atoms with E-state index in [1.807, 2.05) is 0 Å². The number of anilines is 1. The molecule has 2 aromatic carbocycles. The van der Waals surface area contributed by atoms with E-state index in [1.165, 1.54) is 30.3 Å². The first-order chi connectivity index (χ1) is 14.3. The normalized spacial score (nSPS) is 10.8. The molecule has 1 N–H and O–H groups in total. The van der Waals surface area contributed by atoms with Crippen LogP contribution in [0, 0.1) is 27.2 Å². The second-order valence-electron chi connectivity index (χ2n) is 6.33. The number of non-ortho nitro benzene ring substituents is 1. The van der Waals surface area contributed by atoms with Crippen LogP contribution in [-0.2, 0) is 0 Å². The predicted molar refractivity (Wildman–Crippen MR) is 111 cm³/mol. The average Bonchev–Trinajstić information content (AvgIpc) is 3.28. The molecule has 11 heteroatoms. The van der Waals surface area contributed by atoms with Gasteiger partial charge in [-0.25, -0.2) is 4.98 Å². The number of thiazole rings is 1. The second kappa shape index (κ2) is 7.37. The Morgan fingerprint density at radius 1 is 1.10 bits per heavy atom. The van der Waals surface area contributed by atoms with Crippen molar-refractivity contribution in [2.75, 3.05) is 5.32 Å². The zero-order chi connectivity index (χ0) is 21.4. The molecule has 0 aliphatic heterocycles. The van der Waals surface area contributed by atoms with Crippen LogP contribution in [0.3, 0.4) is 0 Å². The molecule has 0 atom stereocenters. The molecular formula is C19H13N5O5S. The van der Waals surface area contributed by atoms with Crippen LogP contribution in [0.15, 0.2) is 54.7 Å². The highest BCUT2D eigenvalue weighted by atomic mass is 32.1. The Morgan fingerprint density at radius 3 is 2.57 bits per heavy atom. The van der Waals surface area contributed by atoms with Crippen LogP contribution in [0.4, 0.5) is 17.1 Å². The molecule has 1 amide bonds. The standard InChI is InChI=1S/C19H13N5O5S/c1-11-17(18(25)20-14-7-2-3-8-16(14)24(28)29)30-19-21-15(10-22(11)19)12-5-4-6-13(9-12)23(26)27/h2-10H,1H3,(H,20,25). The molecule has 10 nitrogen and oxygen atoms in total. The van der Waals surface area contributed by atoms with Gasteiger partial charge in [-0.1, -0.05) is 35.6 Å². The SMILES string of the molecule is Cc1c(C(=O)Nc2ccccc2[N+](=O)[O-])sc2nc(-c3cccc([N+](=O)[O-])c3)cn12. The lowest BCUT2D eigenvalue weighted by atomic mass is 10.1. The number of imidazole rings is 1. The molecule has 0 bridgehead atoms. The van der Waals surface area contributed by atoms with Gasteiger partial charge in [0.15, 0.2) is 4.96 Å². The van der Waals surface area contributed by atoms with Crippen LogP contribution < -0.4 is 5.32 Å². The summed E-state index contributed by atoms with van der Waals surface area (Å²) in [5.41, 5.74) is 1.61. The Labute approximate surface area is 172 Å². The van der Waals surface area contributed by atoms with E-state index in [4.69, 9.17) is 0 Å². The average molecular weight is 423 g/mol. The number of para-hydroxylation sites is 2. The molecular weight excluding hydrogens is 410 g/mol. The van der Waals surface area contributed by atoms with E-state index in [9.17, 15) is 25.0 Å². The van der Waals surface area contributed by atoms with E-state index in [-0.39, 0.29) is 17.1 Å². The van der Waals surface area contributed by atoms with E-state index in [1.54, 1.807) is 35.7 Å². The van der Waals surface area contributed by atoms with Crippen LogP contribution >= 0.6 is 11.3 Å². The first-order valence-corrected chi connectivity index (χ1v) is 9.45. The number of amides is 1. The summed E-state index contributed by atoms with van der Waals surface area (Å²) in [6.07, 6.45) is 1.70. The van der Waals surface area contributed by atoms with Gasteiger partial charge in [0, 0.05) is 35.7 Å². The molecule has 0 spiro atoms. The number of hydrogen-bond acceptors (Lipinski definition) is 7. The maximum atomic E-state index is 12.7. The highest BCUT2D eigenvalue weighted by Crippen LogP contribution is 2.30.